The smallest absolute Gasteiger partial charge is 0.221 e. The Bertz CT molecular complexity index is 367. The van der Waals surface area contributed by atoms with Gasteiger partial charge >= 0.3 is 0 Å². The van der Waals surface area contributed by atoms with E-state index >= 15 is 0 Å². The molecule has 17 heavy (non-hydrogen) atoms. The van der Waals surface area contributed by atoms with Crippen LogP contribution >= 0.6 is 0 Å². The lowest BCUT2D eigenvalue weighted by atomic mass is 10.2. The lowest BCUT2D eigenvalue weighted by Gasteiger charge is -2.13. The molecular weight excluding hydrogens is 218 g/mol. The quantitative estimate of drug-likeness (QED) is 0.768. The molecular formula is C12H19N3O2. The number of rotatable bonds is 6. The van der Waals surface area contributed by atoms with Crippen molar-refractivity contribution >= 4 is 5.91 Å². The second kappa shape index (κ2) is 6.85. The van der Waals surface area contributed by atoms with Crippen LogP contribution in [0.5, 0.6) is 5.88 Å². The molecule has 1 heterocycles. The van der Waals surface area contributed by atoms with Gasteiger partial charge in [0.15, 0.2) is 0 Å². The fraction of sp³-hybridized carbons (Fsp3) is 0.500. The van der Waals surface area contributed by atoms with E-state index in [0.717, 1.165) is 5.56 Å². The molecule has 5 nitrogen and oxygen atoms in total. The summed E-state index contributed by atoms with van der Waals surface area (Å²) in [6.45, 7) is 4.64. The predicted octanol–water partition coefficient (Wildman–Crippen LogP) is 0.834. The summed E-state index contributed by atoms with van der Waals surface area (Å²) in [6.07, 6.45) is 2.06. The van der Waals surface area contributed by atoms with Crippen LogP contribution in [-0.2, 0) is 11.3 Å². The molecule has 0 aliphatic heterocycles. The number of pyridine rings is 1. The normalized spacial score (nSPS) is 10.4. The van der Waals surface area contributed by atoms with Gasteiger partial charge in [0.2, 0.25) is 11.8 Å². The average molecular weight is 237 g/mol. The molecule has 0 aromatic carbocycles. The van der Waals surface area contributed by atoms with Crippen LogP contribution in [0.3, 0.4) is 0 Å². The summed E-state index contributed by atoms with van der Waals surface area (Å²) >= 11 is 0. The Kier molecular flexibility index (Phi) is 5.42. The van der Waals surface area contributed by atoms with E-state index in [0.29, 0.717) is 25.4 Å². The number of nitrogens with zero attached hydrogens (tertiary/aromatic N) is 1. The van der Waals surface area contributed by atoms with Crippen molar-refractivity contribution in [2.24, 2.45) is 5.73 Å². The number of carbonyl (C=O) groups is 1. The van der Waals surface area contributed by atoms with E-state index in [1.165, 1.54) is 0 Å². The number of carbonyl (C=O) groups excluding carboxylic acids is 1. The molecule has 1 rings (SSSR count). The summed E-state index contributed by atoms with van der Waals surface area (Å²) < 4.78 is 5.55. The molecule has 1 aromatic rings. The molecule has 94 valence electrons. The minimum Gasteiger partial charge on any atom is -0.475 e. The van der Waals surface area contributed by atoms with E-state index in [1.54, 1.807) is 6.20 Å². The Morgan fingerprint density at radius 1 is 1.59 bits per heavy atom. The molecule has 0 saturated carbocycles. The van der Waals surface area contributed by atoms with E-state index in [2.05, 4.69) is 10.3 Å². The van der Waals surface area contributed by atoms with Gasteiger partial charge in [-0.1, -0.05) is 6.07 Å². The number of hydrogen-bond acceptors (Lipinski definition) is 4. The zero-order chi connectivity index (χ0) is 12.7. The highest BCUT2D eigenvalue weighted by Gasteiger charge is 2.07. The van der Waals surface area contributed by atoms with Gasteiger partial charge in [-0.3, -0.25) is 4.79 Å². The fourth-order valence-corrected chi connectivity index (χ4v) is 1.30. The number of aromatic nitrogens is 1. The van der Waals surface area contributed by atoms with Crippen molar-refractivity contribution in [2.45, 2.75) is 32.9 Å². The molecule has 0 aliphatic carbocycles. The van der Waals surface area contributed by atoms with Crippen LogP contribution in [0, 0.1) is 0 Å². The fourth-order valence-electron chi connectivity index (χ4n) is 1.30. The molecule has 0 saturated heterocycles. The van der Waals surface area contributed by atoms with Gasteiger partial charge in [-0.2, -0.15) is 0 Å². The first-order valence-corrected chi connectivity index (χ1v) is 5.70. The monoisotopic (exact) mass is 237 g/mol. The first-order valence-electron chi connectivity index (χ1n) is 5.70. The van der Waals surface area contributed by atoms with E-state index in [4.69, 9.17) is 10.5 Å². The maximum atomic E-state index is 11.3. The van der Waals surface area contributed by atoms with E-state index in [1.807, 2.05) is 26.0 Å². The molecule has 1 aromatic heterocycles. The summed E-state index contributed by atoms with van der Waals surface area (Å²) in [5.41, 5.74) is 6.16. The molecule has 0 unspecified atom stereocenters. The Labute approximate surface area is 101 Å². The average Bonchev–Trinajstić information content (AvgIpc) is 2.27. The molecule has 0 bridgehead atoms. The first-order chi connectivity index (χ1) is 8.13. The molecule has 0 aliphatic rings. The number of amides is 1. The lowest BCUT2D eigenvalue weighted by Crippen LogP contribution is -2.25. The molecule has 3 N–H and O–H groups in total. The third-order valence-electron chi connectivity index (χ3n) is 2.04. The molecule has 0 atom stereocenters. The van der Waals surface area contributed by atoms with Gasteiger partial charge in [0.05, 0.1) is 6.10 Å². The van der Waals surface area contributed by atoms with Gasteiger partial charge in [0.25, 0.3) is 0 Å². The van der Waals surface area contributed by atoms with Crippen molar-refractivity contribution in [2.75, 3.05) is 6.54 Å². The highest BCUT2D eigenvalue weighted by molar-refractivity contribution is 5.76. The zero-order valence-electron chi connectivity index (χ0n) is 10.3. The molecule has 1 amide bonds. The van der Waals surface area contributed by atoms with E-state index in [-0.39, 0.29) is 12.0 Å². The van der Waals surface area contributed by atoms with Crippen molar-refractivity contribution in [3.8, 4) is 5.88 Å². The van der Waals surface area contributed by atoms with Gasteiger partial charge in [-0.05, 0) is 19.9 Å². The van der Waals surface area contributed by atoms with E-state index in [9.17, 15) is 4.79 Å². The van der Waals surface area contributed by atoms with Crippen molar-refractivity contribution in [1.82, 2.24) is 10.3 Å². The van der Waals surface area contributed by atoms with Crippen LogP contribution in [0.4, 0.5) is 0 Å². The third-order valence-corrected chi connectivity index (χ3v) is 2.04. The Morgan fingerprint density at radius 2 is 2.35 bits per heavy atom. The van der Waals surface area contributed by atoms with Crippen LogP contribution in [0.15, 0.2) is 18.3 Å². The Balaban J connectivity index is 2.60. The number of nitrogens with one attached hydrogen (secondary N) is 1. The number of ether oxygens (including phenoxy) is 1. The van der Waals surface area contributed by atoms with Gasteiger partial charge in [-0.15, -0.1) is 0 Å². The summed E-state index contributed by atoms with van der Waals surface area (Å²) in [7, 11) is 0. The highest BCUT2D eigenvalue weighted by atomic mass is 16.5. The molecule has 5 heteroatoms. The maximum Gasteiger partial charge on any atom is 0.221 e. The SMILES string of the molecule is CC(C)Oc1ncccc1CNC(=O)CCN. The van der Waals surface area contributed by atoms with Crippen LogP contribution in [0.1, 0.15) is 25.8 Å². The summed E-state index contributed by atoms with van der Waals surface area (Å²) in [6, 6.07) is 3.70. The van der Waals surface area contributed by atoms with Gasteiger partial charge in [-0.25, -0.2) is 4.98 Å². The maximum absolute atomic E-state index is 11.3. The lowest BCUT2D eigenvalue weighted by molar-refractivity contribution is -0.121. The highest BCUT2D eigenvalue weighted by Crippen LogP contribution is 2.15. The second-order valence-corrected chi connectivity index (χ2v) is 3.95. The standard InChI is InChI=1S/C12H19N3O2/c1-9(2)17-12-10(4-3-7-14-12)8-15-11(16)5-6-13/h3-4,7,9H,5-6,8,13H2,1-2H3,(H,15,16). The molecule has 0 fully saturated rings. The minimum atomic E-state index is -0.0631. The van der Waals surface area contributed by atoms with Crippen molar-refractivity contribution in [3.05, 3.63) is 23.9 Å². The number of nitrogens with two attached hydrogens (primary N) is 1. The van der Waals surface area contributed by atoms with Crippen LogP contribution < -0.4 is 15.8 Å². The molecule has 0 radical (unpaired) electrons. The van der Waals surface area contributed by atoms with Crippen LogP contribution in [-0.4, -0.2) is 23.5 Å². The van der Waals surface area contributed by atoms with Crippen LogP contribution in [0.2, 0.25) is 0 Å². The summed E-state index contributed by atoms with van der Waals surface area (Å²) in [5, 5.41) is 2.77. The van der Waals surface area contributed by atoms with Crippen molar-refractivity contribution in [3.63, 3.8) is 0 Å². The van der Waals surface area contributed by atoms with Gasteiger partial charge in [0, 0.05) is 31.3 Å². The Morgan fingerprint density at radius 3 is 3.00 bits per heavy atom. The number of hydrogen-bond donors (Lipinski definition) is 2. The second-order valence-electron chi connectivity index (χ2n) is 3.95. The van der Waals surface area contributed by atoms with Crippen LogP contribution in [0.25, 0.3) is 0 Å². The molecule has 0 spiro atoms. The third kappa shape index (κ3) is 4.82. The summed E-state index contributed by atoms with van der Waals surface area (Å²) in [4.78, 5) is 15.4. The minimum absolute atomic E-state index is 0.0587. The first kappa shape index (κ1) is 13.4. The van der Waals surface area contributed by atoms with Crippen molar-refractivity contribution < 1.29 is 9.53 Å². The summed E-state index contributed by atoms with van der Waals surface area (Å²) in [5.74, 6) is 0.502. The zero-order valence-corrected chi connectivity index (χ0v) is 10.3. The largest absolute Gasteiger partial charge is 0.475 e. The van der Waals surface area contributed by atoms with E-state index < -0.39 is 0 Å². The Hall–Kier alpha value is -1.62. The van der Waals surface area contributed by atoms with Crippen molar-refractivity contribution in [1.29, 1.82) is 0 Å². The predicted molar refractivity (Wildman–Crippen MR) is 65.5 cm³/mol. The van der Waals surface area contributed by atoms with Gasteiger partial charge in [0.1, 0.15) is 0 Å². The topological polar surface area (TPSA) is 77.2 Å². The van der Waals surface area contributed by atoms with Gasteiger partial charge < -0.3 is 15.8 Å².